The van der Waals surface area contributed by atoms with Crippen LogP contribution in [-0.4, -0.2) is 10.7 Å². The second-order valence-electron chi connectivity index (χ2n) is 6.61. The first-order chi connectivity index (χ1) is 7.39. The zero-order valence-corrected chi connectivity index (χ0v) is 11.2. The largest absolute Gasteiger partial charge is 0.390 e. The Bertz CT molecular complexity index is 284. The van der Waals surface area contributed by atoms with E-state index in [4.69, 9.17) is 0 Å². The molecule has 1 heteroatoms. The van der Waals surface area contributed by atoms with Crippen molar-refractivity contribution in [2.75, 3.05) is 0 Å². The zero-order valence-electron chi connectivity index (χ0n) is 11.2. The van der Waals surface area contributed by atoms with Crippen LogP contribution in [0.4, 0.5) is 0 Å². The van der Waals surface area contributed by atoms with Crippen LogP contribution in [-0.2, 0) is 0 Å². The quantitative estimate of drug-likeness (QED) is 0.669. The van der Waals surface area contributed by atoms with E-state index in [0.717, 1.165) is 11.8 Å². The molecule has 2 aliphatic carbocycles. The summed E-state index contributed by atoms with van der Waals surface area (Å²) in [6.07, 6.45) is 7.55. The predicted molar refractivity (Wildman–Crippen MR) is 68.2 cm³/mol. The molecule has 0 saturated heterocycles. The van der Waals surface area contributed by atoms with Gasteiger partial charge in [0.2, 0.25) is 0 Å². The van der Waals surface area contributed by atoms with Crippen LogP contribution in [0.2, 0.25) is 0 Å². The van der Waals surface area contributed by atoms with E-state index >= 15 is 0 Å². The van der Waals surface area contributed by atoms with Crippen LogP contribution >= 0.6 is 0 Å². The fraction of sp³-hybridized carbons (Fsp3) is 0.867. The summed E-state index contributed by atoms with van der Waals surface area (Å²) >= 11 is 0. The average molecular weight is 222 g/mol. The molecule has 2 aliphatic rings. The third kappa shape index (κ3) is 2.20. The molecule has 0 spiro atoms. The average Bonchev–Trinajstić information content (AvgIpc) is 2.15. The van der Waals surface area contributed by atoms with E-state index < -0.39 is 5.60 Å². The van der Waals surface area contributed by atoms with Gasteiger partial charge >= 0.3 is 0 Å². The van der Waals surface area contributed by atoms with Gasteiger partial charge in [0.1, 0.15) is 0 Å². The molecule has 16 heavy (non-hydrogen) atoms. The number of hydrogen-bond acceptors (Lipinski definition) is 1. The van der Waals surface area contributed by atoms with Crippen LogP contribution in [0.3, 0.4) is 0 Å². The molecule has 1 nitrogen and oxygen atoms in total. The van der Waals surface area contributed by atoms with Gasteiger partial charge in [-0.15, -0.1) is 0 Å². The van der Waals surface area contributed by atoms with Gasteiger partial charge in [-0.3, -0.25) is 0 Å². The Hall–Kier alpha value is -0.300. The van der Waals surface area contributed by atoms with Gasteiger partial charge < -0.3 is 5.11 Å². The highest BCUT2D eigenvalue weighted by Crippen LogP contribution is 2.48. The lowest BCUT2D eigenvalue weighted by molar-refractivity contribution is -0.0465. The van der Waals surface area contributed by atoms with Crippen LogP contribution in [0.25, 0.3) is 0 Å². The smallest absolute Gasteiger partial charge is 0.0625 e. The summed E-state index contributed by atoms with van der Waals surface area (Å²) in [7, 11) is 0. The zero-order chi connectivity index (χ0) is 11.9. The van der Waals surface area contributed by atoms with Gasteiger partial charge in [0, 0.05) is 0 Å². The minimum atomic E-state index is -0.517. The fourth-order valence-electron chi connectivity index (χ4n) is 3.87. The first-order valence-corrected chi connectivity index (χ1v) is 6.79. The third-order valence-corrected chi connectivity index (χ3v) is 4.88. The van der Waals surface area contributed by atoms with Gasteiger partial charge in [-0.1, -0.05) is 25.0 Å². The number of aliphatic hydroxyl groups is 1. The molecule has 1 saturated carbocycles. The lowest BCUT2D eigenvalue weighted by atomic mass is 9.59. The van der Waals surface area contributed by atoms with Crippen molar-refractivity contribution in [3.05, 3.63) is 11.6 Å². The molecule has 92 valence electrons. The molecule has 0 unspecified atom stereocenters. The minimum Gasteiger partial charge on any atom is -0.390 e. The second kappa shape index (κ2) is 4.18. The first kappa shape index (κ1) is 12.2. The highest BCUT2D eigenvalue weighted by atomic mass is 16.3. The van der Waals surface area contributed by atoms with E-state index in [9.17, 15) is 5.11 Å². The molecule has 0 aromatic rings. The molecule has 4 atom stereocenters. The second-order valence-corrected chi connectivity index (χ2v) is 6.61. The summed E-state index contributed by atoms with van der Waals surface area (Å²) in [5.74, 6) is 2.74. The number of hydrogen-bond donors (Lipinski definition) is 1. The molecule has 1 N–H and O–H groups in total. The summed E-state index contributed by atoms with van der Waals surface area (Å²) in [4.78, 5) is 0. The maximum absolute atomic E-state index is 10.3. The fourth-order valence-corrected chi connectivity index (χ4v) is 3.87. The van der Waals surface area contributed by atoms with E-state index in [2.05, 4.69) is 19.9 Å². The van der Waals surface area contributed by atoms with Crippen molar-refractivity contribution in [1.82, 2.24) is 0 Å². The number of rotatable bonds is 1. The van der Waals surface area contributed by atoms with Crippen molar-refractivity contribution in [2.45, 2.75) is 59.0 Å². The van der Waals surface area contributed by atoms with Gasteiger partial charge in [-0.25, -0.2) is 0 Å². The minimum absolute atomic E-state index is 0.462. The van der Waals surface area contributed by atoms with Gasteiger partial charge in [0.15, 0.2) is 0 Å². The molecule has 0 aromatic heterocycles. The van der Waals surface area contributed by atoms with Gasteiger partial charge in [0.05, 0.1) is 5.60 Å². The maximum Gasteiger partial charge on any atom is 0.0625 e. The first-order valence-electron chi connectivity index (χ1n) is 6.79. The van der Waals surface area contributed by atoms with Crippen LogP contribution in [0.15, 0.2) is 11.6 Å². The van der Waals surface area contributed by atoms with Gasteiger partial charge in [0.25, 0.3) is 0 Å². The Labute approximate surface area is 99.9 Å². The van der Waals surface area contributed by atoms with E-state index in [1.54, 1.807) is 0 Å². The molecule has 0 heterocycles. The van der Waals surface area contributed by atoms with Crippen LogP contribution in [0.1, 0.15) is 53.4 Å². The highest BCUT2D eigenvalue weighted by molar-refractivity contribution is 5.12. The van der Waals surface area contributed by atoms with Crippen LogP contribution in [0, 0.1) is 23.7 Å². The third-order valence-electron chi connectivity index (χ3n) is 4.88. The van der Waals surface area contributed by atoms with Gasteiger partial charge in [-0.05, 0) is 63.7 Å². The standard InChI is InChI=1S/C15H26O/c1-10-5-7-12-11(2)6-8-14(13(12)9-10)15(3,4)16/h9,11-14,16H,5-8H2,1-4H3/t11-,12+,13+,14-/m1/s1. The normalized spacial score (nSPS) is 40.2. The SMILES string of the molecule is CC1=C[C@H]2[C@@H](CC1)[C@H](C)CC[C@H]2C(C)(C)O. The lowest BCUT2D eigenvalue weighted by Crippen LogP contribution is -2.44. The lowest BCUT2D eigenvalue weighted by Gasteiger charge is -2.47. The molecule has 0 radical (unpaired) electrons. The Morgan fingerprint density at radius 1 is 1.25 bits per heavy atom. The predicted octanol–water partition coefficient (Wildman–Crippen LogP) is 3.78. The summed E-state index contributed by atoms with van der Waals surface area (Å²) in [6, 6.07) is 0. The summed E-state index contributed by atoms with van der Waals surface area (Å²) in [5, 5.41) is 10.3. The van der Waals surface area contributed by atoms with Crippen molar-refractivity contribution in [2.24, 2.45) is 23.7 Å². The Kier molecular flexibility index (Phi) is 3.18. The Balaban J connectivity index is 2.26. The number of allylic oxidation sites excluding steroid dienone is 2. The molecule has 1 fully saturated rings. The van der Waals surface area contributed by atoms with Crippen molar-refractivity contribution in [3.8, 4) is 0 Å². The van der Waals surface area contributed by atoms with Crippen LogP contribution < -0.4 is 0 Å². The molecular weight excluding hydrogens is 196 g/mol. The van der Waals surface area contributed by atoms with Crippen LogP contribution in [0.5, 0.6) is 0 Å². The van der Waals surface area contributed by atoms with Crippen molar-refractivity contribution >= 4 is 0 Å². The maximum atomic E-state index is 10.3. The van der Waals surface area contributed by atoms with Crippen molar-refractivity contribution < 1.29 is 5.11 Å². The van der Waals surface area contributed by atoms with Crippen molar-refractivity contribution in [3.63, 3.8) is 0 Å². The van der Waals surface area contributed by atoms with Crippen molar-refractivity contribution in [1.29, 1.82) is 0 Å². The molecule has 0 aliphatic heterocycles. The number of fused-ring (bicyclic) bond motifs is 1. The Morgan fingerprint density at radius 2 is 1.94 bits per heavy atom. The molecule has 2 rings (SSSR count). The summed E-state index contributed by atoms with van der Waals surface area (Å²) < 4.78 is 0. The topological polar surface area (TPSA) is 20.2 Å². The molecule has 0 aromatic carbocycles. The van der Waals surface area contributed by atoms with E-state index in [-0.39, 0.29) is 0 Å². The molecular formula is C15H26O. The highest BCUT2D eigenvalue weighted by Gasteiger charge is 2.43. The van der Waals surface area contributed by atoms with E-state index in [0.29, 0.717) is 11.8 Å². The molecule has 0 amide bonds. The van der Waals surface area contributed by atoms with E-state index in [1.165, 1.54) is 31.3 Å². The monoisotopic (exact) mass is 222 g/mol. The van der Waals surface area contributed by atoms with E-state index in [1.807, 2.05) is 13.8 Å². The Morgan fingerprint density at radius 3 is 2.56 bits per heavy atom. The molecule has 0 bridgehead atoms. The van der Waals surface area contributed by atoms with Gasteiger partial charge in [-0.2, -0.15) is 0 Å². The summed E-state index contributed by atoms with van der Waals surface area (Å²) in [5.41, 5.74) is 1.02. The summed E-state index contributed by atoms with van der Waals surface area (Å²) in [6.45, 7) is 8.62.